The summed E-state index contributed by atoms with van der Waals surface area (Å²) in [5.74, 6) is -1.92. The van der Waals surface area contributed by atoms with Gasteiger partial charge in [-0.3, -0.25) is 33.5 Å². The molecule has 3 rings (SSSR count). The summed E-state index contributed by atoms with van der Waals surface area (Å²) in [5.41, 5.74) is 1.09. The number of nitrogens with one attached hydrogen (secondary N) is 2. The fourth-order valence-electron chi connectivity index (χ4n) is 3.97. The smallest absolute Gasteiger partial charge is 0.305 e. The van der Waals surface area contributed by atoms with Gasteiger partial charge in [-0.15, -0.1) is 0 Å². The van der Waals surface area contributed by atoms with Crippen LogP contribution in [0.4, 0.5) is 0 Å². The zero-order chi connectivity index (χ0) is 24.0. The predicted octanol–water partition coefficient (Wildman–Crippen LogP) is 0.707. The molecule has 0 saturated carbocycles. The predicted molar refractivity (Wildman–Crippen MR) is 117 cm³/mol. The van der Waals surface area contributed by atoms with Gasteiger partial charge in [0.05, 0.1) is 17.2 Å². The zero-order valence-corrected chi connectivity index (χ0v) is 18.9. The van der Waals surface area contributed by atoms with Crippen molar-refractivity contribution in [2.24, 2.45) is 0 Å². The molecule has 2 heterocycles. The Morgan fingerprint density at radius 1 is 1.15 bits per heavy atom. The Morgan fingerprint density at radius 2 is 1.94 bits per heavy atom. The lowest BCUT2D eigenvalue weighted by atomic mass is 10.0. The van der Waals surface area contributed by atoms with E-state index in [1.54, 1.807) is 18.2 Å². The molecular weight excluding hydrogens is 450 g/mol. The second-order valence-electron chi connectivity index (χ2n) is 8.04. The van der Waals surface area contributed by atoms with Crippen molar-refractivity contribution in [1.29, 1.82) is 0 Å². The highest BCUT2D eigenvalue weighted by Gasteiger charge is 2.40. The number of carboxylic acids is 1. The molecule has 2 atom stereocenters. The number of rotatable bonds is 11. The van der Waals surface area contributed by atoms with Crippen molar-refractivity contribution in [2.45, 2.75) is 62.4 Å². The molecule has 2 unspecified atom stereocenters. The lowest BCUT2D eigenvalue weighted by Gasteiger charge is -2.29. The van der Waals surface area contributed by atoms with Gasteiger partial charge in [-0.2, -0.15) is 0 Å². The van der Waals surface area contributed by atoms with Crippen molar-refractivity contribution in [3.63, 3.8) is 0 Å². The third-order valence-electron chi connectivity index (χ3n) is 5.68. The van der Waals surface area contributed by atoms with Crippen molar-refractivity contribution >= 4 is 40.4 Å². The van der Waals surface area contributed by atoms with Crippen LogP contribution in [0.25, 0.3) is 0 Å². The number of carbonyl (C=O) groups excluding carboxylic acids is 4. The summed E-state index contributed by atoms with van der Waals surface area (Å²) in [5, 5.41) is 13.4. The molecule has 3 N–H and O–H groups in total. The highest BCUT2D eigenvalue weighted by Crippen LogP contribution is 2.31. The summed E-state index contributed by atoms with van der Waals surface area (Å²) in [7, 11) is -1.34. The first-order valence-corrected chi connectivity index (χ1v) is 12.2. The minimum atomic E-state index is -1.34. The summed E-state index contributed by atoms with van der Waals surface area (Å²) in [6, 6.07) is 4.35. The number of amides is 4. The Bertz CT molecular complexity index is 994. The van der Waals surface area contributed by atoms with E-state index < -0.39 is 28.7 Å². The van der Waals surface area contributed by atoms with E-state index in [2.05, 4.69) is 10.6 Å². The van der Waals surface area contributed by atoms with Crippen LogP contribution >= 0.6 is 0 Å². The molecule has 1 fully saturated rings. The molecule has 2 aliphatic heterocycles. The molecule has 0 spiro atoms. The highest BCUT2D eigenvalue weighted by molar-refractivity contribution is 7.85. The summed E-state index contributed by atoms with van der Waals surface area (Å²) in [4.78, 5) is 60.6. The largest absolute Gasteiger partial charge is 0.481 e. The van der Waals surface area contributed by atoms with Crippen molar-refractivity contribution < 1.29 is 33.3 Å². The van der Waals surface area contributed by atoms with Crippen LogP contribution in [-0.4, -0.2) is 62.2 Å². The number of benzene rings is 1. The fourth-order valence-corrected chi connectivity index (χ4v) is 5.34. The van der Waals surface area contributed by atoms with E-state index in [-0.39, 0.29) is 56.5 Å². The van der Waals surface area contributed by atoms with Crippen LogP contribution in [0.3, 0.4) is 0 Å². The molecule has 0 bridgehead atoms. The van der Waals surface area contributed by atoms with Crippen molar-refractivity contribution in [3.05, 3.63) is 29.3 Å². The summed E-state index contributed by atoms with van der Waals surface area (Å²) in [6.07, 6.45) is 2.53. The third kappa shape index (κ3) is 6.25. The number of nitrogens with zero attached hydrogens (tertiary/aromatic N) is 1. The number of piperidine rings is 1. The maximum atomic E-state index is 12.9. The first kappa shape index (κ1) is 24.6. The van der Waals surface area contributed by atoms with Gasteiger partial charge in [0.15, 0.2) is 0 Å². The quantitative estimate of drug-likeness (QED) is 0.314. The van der Waals surface area contributed by atoms with Crippen molar-refractivity contribution in [1.82, 2.24) is 15.5 Å². The Labute approximate surface area is 193 Å². The Morgan fingerprint density at radius 3 is 2.67 bits per heavy atom. The first-order valence-electron chi connectivity index (χ1n) is 10.9. The van der Waals surface area contributed by atoms with E-state index in [0.29, 0.717) is 41.0 Å². The molecule has 0 radical (unpaired) electrons. The molecule has 178 valence electrons. The average molecular weight is 478 g/mol. The highest BCUT2D eigenvalue weighted by atomic mass is 32.2. The maximum absolute atomic E-state index is 12.9. The van der Waals surface area contributed by atoms with Gasteiger partial charge >= 0.3 is 5.97 Å². The number of fused-ring (bicyclic) bond motifs is 1. The standard InChI is InChI=1S/C22H27N3O7S/c26-18(23-11-10-20(28)29)7-2-1-3-12-33(32)17-6-4-5-14-15(17)13-25(22(14)31)16-8-9-19(27)24-21(16)30/h4-6,16H,1-3,7-13H2,(H,23,26)(H,28,29)(H,24,27,30). The molecule has 33 heavy (non-hydrogen) atoms. The molecule has 0 aliphatic carbocycles. The van der Waals surface area contributed by atoms with E-state index in [0.717, 1.165) is 0 Å². The second kappa shape index (κ2) is 11.2. The van der Waals surface area contributed by atoms with E-state index in [1.165, 1.54) is 4.90 Å². The van der Waals surface area contributed by atoms with Gasteiger partial charge in [-0.1, -0.05) is 12.5 Å². The monoisotopic (exact) mass is 477 g/mol. The van der Waals surface area contributed by atoms with E-state index >= 15 is 0 Å². The average Bonchev–Trinajstić information content (AvgIpc) is 3.09. The van der Waals surface area contributed by atoms with Gasteiger partial charge in [-0.05, 0) is 31.4 Å². The maximum Gasteiger partial charge on any atom is 0.305 e. The van der Waals surface area contributed by atoms with Crippen LogP contribution in [0.2, 0.25) is 0 Å². The number of imide groups is 1. The van der Waals surface area contributed by atoms with E-state index in [9.17, 15) is 28.2 Å². The molecule has 0 aromatic heterocycles. The minimum Gasteiger partial charge on any atom is -0.481 e. The molecule has 1 aromatic carbocycles. The first-order chi connectivity index (χ1) is 15.8. The SMILES string of the molecule is O=C(O)CCNC(=O)CCCCCS(=O)c1cccc2c1CN(C1CCC(=O)NC1=O)C2=O. The summed E-state index contributed by atoms with van der Waals surface area (Å²) in [6.45, 7) is 0.282. The van der Waals surface area contributed by atoms with Gasteiger partial charge in [0.2, 0.25) is 17.7 Å². The second-order valence-corrected chi connectivity index (χ2v) is 9.58. The molecule has 2 aliphatic rings. The van der Waals surface area contributed by atoms with Crippen molar-refractivity contribution in [2.75, 3.05) is 12.3 Å². The molecule has 10 nitrogen and oxygen atoms in total. The zero-order valence-electron chi connectivity index (χ0n) is 18.1. The molecule has 4 amide bonds. The minimum absolute atomic E-state index is 0.103. The fraction of sp³-hybridized carbons (Fsp3) is 0.500. The number of hydrogen-bond donors (Lipinski definition) is 3. The van der Waals surface area contributed by atoms with E-state index in [4.69, 9.17) is 5.11 Å². The van der Waals surface area contributed by atoms with Crippen LogP contribution in [0.1, 0.15) is 60.9 Å². The van der Waals surface area contributed by atoms with Crippen LogP contribution < -0.4 is 10.6 Å². The van der Waals surface area contributed by atoms with Crippen LogP contribution in [0, 0.1) is 0 Å². The number of hydrogen-bond acceptors (Lipinski definition) is 6. The van der Waals surface area contributed by atoms with Gasteiger partial charge in [0, 0.05) is 47.7 Å². The van der Waals surface area contributed by atoms with Gasteiger partial charge < -0.3 is 15.3 Å². The lowest BCUT2D eigenvalue weighted by molar-refractivity contribution is -0.138. The number of carboxylic acid groups (broad SMARTS) is 1. The van der Waals surface area contributed by atoms with Gasteiger partial charge in [0.25, 0.3) is 5.91 Å². The topological polar surface area (TPSA) is 150 Å². The van der Waals surface area contributed by atoms with Gasteiger partial charge in [0.1, 0.15) is 6.04 Å². The molecule has 1 saturated heterocycles. The molecule has 1 aromatic rings. The number of carbonyl (C=O) groups is 5. The molecular formula is C22H27N3O7S. The van der Waals surface area contributed by atoms with Crippen LogP contribution in [0.15, 0.2) is 23.1 Å². The van der Waals surface area contributed by atoms with Crippen LogP contribution in [0.5, 0.6) is 0 Å². The summed E-state index contributed by atoms with van der Waals surface area (Å²) < 4.78 is 12.9. The Kier molecular flexibility index (Phi) is 8.32. The number of aliphatic carboxylic acids is 1. The van der Waals surface area contributed by atoms with Crippen molar-refractivity contribution in [3.8, 4) is 0 Å². The lowest BCUT2D eigenvalue weighted by Crippen LogP contribution is -2.52. The normalized spacial score (nSPS) is 18.6. The Hall–Kier alpha value is -3.08. The van der Waals surface area contributed by atoms with Crippen LogP contribution in [-0.2, 0) is 36.5 Å². The third-order valence-corrected chi connectivity index (χ3v) is 7.21. The summed E-state index contributed by atoms with van der Waals surface area (Å²) >= 11 is 0. The number of unbranched alkanes of at least 4 members (excludes halogenated alkanes) is 2. The van der Waals surface area contributed by atoms with E-state index in [1.807, 2.05) is 0 Å². The Balaban J connectivity index is 1.50. The van der Waals surface area contributed by atoms with Gasteiger partial charge in [-0.25, -0.2) is 0 Å². The molecule has 11 heteroatoms.